The number of hydrogen-bond donors (Lipinski definition) is 1. The largest absolute Gasteiger partial charge is 0.330 e. The first kappa shape index (κ1) is 11.4. The standard InChI is InChI=1S/C16H16FN/c1-10-3-2-4-13-12(7-8-18)15-9-11(17)5-6-14(15)16(10)13/h2-6,9,12H,7-8,18H2,1H3. The van der Waals surface area contributed by atoms with E-state index in [9.17, 15) is 4.39 Å². The van der Waals surface area contributed by atoms with Crippen molar-refractivity contribution < 1.29 is 4.39 Å². The summed E-state index contributed by atoms with van der Waals surface area (Å²) in [4.78, 5) is 0. The average Bonchev–Trinajstić information content (AvgIpc) is 2.66. The molecule has 2 heteroatoms. The summed E-state index contributed by atoms with van der Waals surface area (Å²) in [5, 5.41) is 0. The van der Waals surface area contributed by atoms with Gasteiger partial charge in [0.25, 0.3) is 0 Å². The maximum Gasteiger partial charge on any atom is 0.123 e. The predicted molar refractivity (Wildman–Crippen MR) is 72.1 cm³/mol. The van der Waals surface area contributed by atoms with Crippen LogP contribution in [0.2, 0.25) is 0 Å². The molecule has 0 saturated heterocycles. The van der Waals surface area contributed by atoms with E-state index in [1.54, 1.807) is 12.1 Å². The van der Waals surface area contributed by atoms with Gasteiger partial charge in [0.05, 0.1) is 0 Å². The second-order valence-electron chi connectivity index (χ2n) is 4.90. The van der Waals surface area contributed by atoms with Gasteiger partial charge in [-0.3, -0.25) is 0 Å². The summed E-state index contributed by atoms with van der Waals surface area (Å²) in [7, 11) is 0. The number of halogens is 1. The van der Waals surface area contributed by atoms with Crippen molar-refractivity contribution in [1.29, 1.82) is 0 Å². The van der Waals surface area contributed by atoms with Gasteiger partial charge in [-0.05, 0) is 59.8 Å². The first-order valence-electron chi connectivity index (χ1n) is 6.31. The fourth-order valence-corrected chi connectivity index (χ4v) is 3.04. The Morgan fingerprint density at radius 2 is 2.00 bits per heavy atom. The minimum Gasteiger partial charge on any atom is -0.330 e. The number of fused-ring (bicyclic) bond motifs is 3. The average molecular weight is 241 g/mol. The van der Waals surface area contributed by atoms with E-state index >= 15 is 0 Å². The lowest BCUT2D eigenvalue weighted by atomic mass is 9.93. The maximum absolute atomic E-state index is 13.5. The molecular formula is C16H16FN. The number of hydrogen-bond acceptors (Lipinski definition) is 1. The molecule has 0 fully saturated rings. The molecule has 1 nitrogen and oxygen atoms in total. The van der Waals surface area contributed by atoms with Crippen LogP contribution in [0.3, 0.4) is 0 Å². The van der Waals surface area contributed by atoms with Crippen molar-refractivity contribution in [3.05, 3.63) is 58.9 Å². The van der Waals surface area contributed by atoms with Gasteiger partial charge in [0.15, 0.2) is 0 Å². The highest BCUT2D eigenvalue weighted by Crippen LogP contribution is 2.47. The topological polar surface area (TPSA) is 26.0 Å². The van der Waals surface area contributed by atoms with Gasteiger partial charge in [-0.2, -0.15) is 0 Å². The molecular weight excluding hydrogens is 225 g/mol. The molecule has 0 aliphatic heterocycles. The summed E-state index contributed by atoms with van der Waals surface area (Å²) < 4.78 is 13.5. The Morgan fingerprint density at radius 1 is 1.17 bits per heavy atom. The number of aryl methyl sites for hydroxylation is 1. The molecule has 0 aromatic heterocycles. The monoisotopic (exact) mass is 241 g/mol. The van der Waals surface area contributed by atoms with E-state index in [-0.39, 0.29) is 11.7 Å². The predicted octanol–water partition coefficient (Wildman–Crippen LogP) is 3.60. The van der Waals surface area contributed by atoms with Gasteiger partial charge in [0.2, 0.25) is 0 Å². The van der Waals surface area contributed by atoms with Gasteiger partial charge >= 0.3 is 0 Å². The first-order chi connectivity index (χ1) is 8.72. The van der Waals surface area contributed by atoms with Crippen LogP contribution in [-0.4, -0.2) is 6.54 Å². The van der Waals surface area contributed by atoms with E-state index in [0.717, 1.165) is 12.0 Å². The Kier molecular flexibility index (Phi) is 2.67. The van der Waals surface area contributed by atoms with Crippen molar-refractivity contribution in [3.63, 3.8) is 0 Å². The van der Waals surface area contributed by atoms with Crippen LogP contribution in [0, 0.1) is 12.7 Å². The Bertz CT molecular complexity index is 604. The first-order valence-corrected chi connectivity index (χ1v) is 6.31. The smallest absolute Gasteiger partial charge is 0.123 e. The molecule has 1 aliphatic rings. The van der Waals surface area contributed by atoms with E-state index in [0.29, 0.717) is 6.54 Å². The zero-order chi connectivity index (χ0) is 12.7. The third-order valence-corrected chi connectivity index (χ3v) is 3.79. The molecule has 1 unspecified atom stereocenters. The fourth-order valence-electron chi connectivity index (χ4n) is 3.04. The number of benzene rings is 2. The Balaban J connectivity index is 2.27. The molecule has 92 valence electrons. The zero-order valence-corrected chi connectivity index (χ0v) is 10.4. The minimum atomic E-state index is -0.166. The quantitative estimate of drug-likeness (QED) is 0.854. The van der Waals surface area contributed by atoms with Crippen LogP contribution in [0.1, 0.15) is 29.0 Å². The van der Waals surface area contributed by atoms with E-state index in [1.807, 2.05) is 6.07 Å². The van der Waals surface area contributed by atoms with Gasteiger partial charge in [0, 0.05) is 5.92 Å². The summed E-state index contributed by atoms with van der Waals surface area (Å²) in [6.45, 7) is 2.73. The van der Waals surface area contributed by atoms with E-state index in [4.69, 9.17) is 5.73 Å². The maximum atomic E-state index is 13.5. The van der Waals surface area contributed by atoms with Crippen molar-refractivity contribution in [2.45, 2.75) is 19.3 Å². The molecule has 0 saturated carbocycles. The van der Waals surface area contributed by atoms with Gasteiger partial charge < -0.3 is 5.73 Å². The SMILES string of the molecule is Cc1cccc2c1-c1ccc(F)cc1C2CCN. The van der Waals surface area contributed by atoms with Crippen LogP contribution in [-0.2, 0) is 0 Å². The second-order valence-corrected chi connectivity index (χ2v) is 4.90. The number of rotatable bonds is 2. The molecule has 0 spiro atoms. The van der Waals surface area contributed by atoms with Crippen molar-refractivity contribution in [2.75, 3.05) is 6.54 Å². The van der Waals surface area contributed by atoms with Crippen LogP contribution >= 0.6 is 0 Å². The minimum absolute atomic E-state index is 0.166. The van der Waals surface area contributed by atoms with Crippen LogP contribution in [0.25, 0.3) is 11.1 Å². The van der Waals surface area contributed by atoms with Gasteiger partial charge in [0.1, 0.15) is 5.82 Å². The molecule has 0 bridgehead atoms. The molecule has 0 heterocycles. The fraction of sp³-hybridized carbons (Fsp3) is 0.250. The summed E-state index contributed by atoms with van der Waals surface area (Å²) in [6.07, 6.45) is 0.868. The normalized spacial score (nSPS) is 16.5. The van der Waals surface area contributed by atoms with Crippen molar-refractivity contribution >= 4 is 0 Å². The Morgan fingerprint density at radius 3 is 2.78 bits per heavy atom. The van der Waals surface area contributed by atoms with Crippen LogP contribution < -0.4 is 5.73 Å². The summed E-state index contributed by atoms with van der Waals surface area (Å²) in [5.41, 5.74) is 11.8. The molecule has 2 aromatic carbocycles. The molecule has 2 aromatic rings. The summed E-state index contributed by atoms with van der Waals surface area (Å²) in [6, 6.07) is 11.4. The van der Waals surface area contributed by atoms with Crippen LogP contribution in [0.4, 0.5) is 4.39 Å². The lowest BCUT2D eigenvalue weighted by Gasteiger charge is -2.12. The van der Waals surface area contributed by atoms with E-state index in [1.165, 1.54) is 22.3 Å². The van der Waals surface area contributed by atoms with Crippen LogP contribution in [0.5, 0.6) is 0 Å². The van der Waals surface area contributed by atoms with E-state index in [2.05, 4.69) is 25.1 Å². The Labute approximate surface area is 106 Å². The lowest BCUT2D eigenvalue weighted by molar-refractivity contribution is 0.622. The van der Waals surface area contributed by atoms with Crippen LogP contribution in [0.15, 0.2) is 36.4 Å². The van der Waals surface area contributed by atoms with Gasteiger partial charge in [-0.15, -0.1) is 0 Å². The molecule has 3 rings (SSSR count). The van der Waals surface area contributed by atoms with Crippen molar-refractivity contribution in [1.82, 2.24) is 0 Å². The van der Waals surface area contributed by atoms with Crippen molar-refractivity contribution in [3.8, 4) is 11.1 Å². The Hall–Kier alpha value is -1.67. The molecule has 0 radical (unpaired) electrons. The van der Waals surface area contributed by atoms with Gasteiger partial charge in [-0.1, -0.05) is 24.3 Å². The zero-order valence-electron chi connectivity index (χ0n) is 10.4. The second kappa shape index (κ2) is 4.21. The molecule has 1 atom stereocenters. The molecule has 1 aliphatic carbocycles. The third-order valence-electron chi connectivity index (χ3n) is 3.79. The summed E-state index contributed by atoms with van der Waals surface area (Å²) in [5.74, 6) is 0.0804. The summed E-state index contributed by atoms with van der Waals surface area (Å²) >= 11 is 0. The van der Waals surface area contributed by atoms with E-state index < -0.39 is 0 Å². The number of nitrogens with two attached hydrogens (primary N) is 1. The highest BCUT2D eigenvalue weighted by atomic mass is 19.1. The third kappa shape index (κ3) is 1.57. The highest BCUT2D eigenvalue weighted by Gasteiger charge is 2.29. The molecule has 0 amide bonds. The molecule has 18 heavy (non-hydrogen) atoms. The highest BCUT2D eigenvalue weighted by molar-refractivity contribution is 5.81. The van der Waals surface area contributed by atoms with Gasteiger partial charge in [-0.25, -0.2) is 4.39 Å². The van der Waals surface area contributed by atoms with Crippen molar-refractivity contribution in [2.24, 2.45) is 5.73 Å². The molecule has 2 N–H and O–H groups in total. The lowest BCUT2D eigenvalue weighted by Crippen LogP contribution is -2.06.